The first kappa shape index (κ1) is 16.6. The van der Waals surface area contributed by atoms with E-state index in [0.29, 0.717) is 23.6 Å². The maximum Gasteiger partial charge on any atom is 0.334 e. The van der Waals surface area contributed by atoms with Crippen molar-refractivity contribution < 1.29 is 23.6 Å². The van der Waals surface area contributed by atoms with Crippen LogP contribution >= 0.6 is 0 Å². The molecule has 1 aromatic heterocycles. The summed E-state index contributed by atoms with van der Waals surface area (Å²) in [6.45, 7) is 1.76. The Labute approximate surface area is 143 Å². The number of hydrogen-bond donors (Lipinski definition) is 0. The van der Waals surface area contributed by atoms with Gasteiger partial charge in [0.1, 0.15) is 12.3 Å². The molecule has 25 heavy (non-hydrogen) atoms. The summed E-state index contributed by atoms with van der Waals surface area (Å²) in [5, 5.41) is 3.83. The highest BCUT2D eigenvalue weighted by Gasteiger charge is 2.44. The van der Waals surface area contributed by atoms with Crippen molar-refractivity contribution in [2.75, 3.05) is 13.7 Å². The zero-order valence-corrected chi connectivity index (χ0v) is 13.8. The predicted molar refractivity (Wildman–Crippen MR) is 84.2 cm³/mol. The lowest BCUT2D eigenvalue weighted by Crippen LogP contribution is -2.33. The molecule has 2 heterocycles. The van der Waals surface area contributed by atoms with Crippen molar-refractivity contribution in [2.24, 2.45) is 0 Å². The third kappa shape index (κ3) is 3.08. The van der Waals surface area contributed by atoms with Crippen LogP contribution in [0, 0.1) is 0 Å². The van der Waals surface area contributed by atoms with Crippen molar-refractivity contribution in [3.05, 3.63) is 30.2 Å². The molecule has 4 amide bonds. The molecule has 0 unspecified atom stereocenters. The first-order chi connectivity index (χ1) is 12.0. The van der Waals surface area contributed by atoms with Gasteiger partial charge in [0.05, 0.1) is 7.11 Å². The molecule has 0 atom stereocenters. The molecular weight excluding hydrogens is 328 g/mol. The van der Waals surface area contributed by atoms with Gasteiger partial charge in [-0.2, -0.15) is 4.98 Å². The Bertz CT molecular complexity index is 814. The second kappa shape index (κ2) is 6.71. The summed E-state index contributed by atoms with van der Waals surface area (Å²) in [6.07, 6.45) is 0.570. The summed E-state index contributed by atoms with van der Waals surface area (Å²) in [7, 11) is 1.56. The van der Waals surface area contributed by atoms with Gasteiger partial charge in [0.15, 0.2) is 0 Å². The Morgan fingerprint density at radius 1 is 1.08 bits per heavy atom. The smallest absolute Gasteiger partial charge is 0.334 e. The van der Waals surface area contributed by atoms with E-state index in [1.54, 1.807) is 31.4 Å². The number of rotatable bonds is 6. The van der Waals surface area contributed by atoms with Crippen LogP contribution in [-0.2, 0) is 16.1 Å². The van der Waals surface area contributed by atoms with Gasteiger partial charge in [0.2, 0.25) is 11.7 Å². The van der Waals surface area contributed by atoms with E-state index in [1.165, 1.54) is 0 Å². The molecule has 0 bridgehead atoms. The molecule has 1 aliphatic rings. The number of aromatic nitrogens is 2. The van der Waals surface area contributed by atoms with E-state index in [1.807, 2.05) is 6.92 Å². The molecule has 0 radical (unpaired) electrons. The summed E-state index contributed by atoms with van der Waals surface area (Å²) in [6, 6.07) is 6.35. The monoisotopic (exact) mass is 344 g/mol. The molecule has 1 aliphatic heterocycles. The molecule has 130 valence electrons. The van der Waals surface area contributed by atoms with Crippen LogP contribution in [0.4, 0.5) is 4.79 Å². The fourth-order valence-electron chi connectivity index (χ4n) is 2.42. The standard InChI is InChI=1S/C16H16N4O5/c1-3-8-19-14(21)15(22)20(16(19)23)9-12-17-13(18-25-12)10-4-6-11(24-2)7-5-10/h4-7H,3,8-9H2,1-2H3. The van der Waals surface area contributed by atoms with Crippen LogP contribution < -0.4 is 4.74 Å². The molecule has 0 aliphatic carbocycles. The Morgan fingerprint density at radius 3 is 2.40 bits per heavy atom. The highest BCUT2D eigenvalue weighted by Crippen LogP contribution is 2.21. The number of methoxy groups -OCH3 is 1. The van der Waals surface area contributed by atoms with Crippen LogP contribution in [0.5, 0.6) is 5.75 Å². The maximum absolute atomic E-state index is 12.2. The van der Waals surface area contributed by atoms with E-state index in [0.717, 1.165) is 9.80 Å². The fourth-order valence-corrected chi connectivity index (χ4v) is 2.42. The van der Waals surface area contributed by atoms with Crippen molar-refractivity contribution in [2.45, 2.75) is 19.9 Å². The van der Waals surface area contributed by atoms with Gasteiger partial charge in [-0.25, -0.2) is 9.69 Å². The lowest BCUT2D eigenvalue weighted by Gasteiger charge is -2.12. The summed E-state index contributed by atoms with van der Waals surface area (Å²) in [5.41, 5.74) is 0.693. The Morgan fingerprint density at radius 2 is 1.76 bits per heavy atom. The van der Waals surface area contributed by atoms with Gasteiger partial charge >= 0.3 is 17.8 Å². The number of benzene rings is 1. The third-order valence-corrected chi connectivity index (χ3v) is 3.69. The average Bonchev–Trinajstić information content (AvgIpc) is 3.17. The lowest BCUT2D eigenvalue weighted by molar-refractivity contribution is -0.143. The van der Waals surface area contributed by atoms with Crippen LogP contribution in [-0.4, -0.2) is 51.4 Å². The SMILES string of the molecule is CCCN1C(=O)C(=O)N(Cc2nc(-c3ccc(OC)cc3)no2)C1=O. The summed E-state index contributed by atoms with van der Waals surface area (Å²) < 4.78 is 10.2. The van der Waals surface area contributed by atoms with E-state index in [-0.39, 0.29) is 19.0 Å². The second-order valence-electron chi connectivity index (χ2n) is 5.37. The van der Waals surface area contributed by atoms with Gasteiger partial charge in [-0.15, -0.1) is 0 Å². The number of carbonyl (C=O) groups is 3. The number of amides is 4. The van der Waals surface area contributed by atoms with Gasteiger partial charge in [-0.3, -0.25) is 14.5 Å². The van der Waals surface area contributed by atoms with Crippen LogP contribution in [0.2, 0.25) is 0 Å². The van der Waals surface area contributed by atoms with Crippen molar-refractivity contribution in [1.82, 2.24) is 19.9 Å². The largest absolute Gasteiger partial charge is 0.497 e. The highest BCUT2D eigenvalue weighted by molar-refractivity contribution is 6.44. The number of urea groups is 1. The number of carbonyl (C=O) groups excluding carboxylic acids is 3. The molecule has 9 nitrogen and oxygen atoms in total. The second-order valence-corrected chi connectivity index (χ2v) is 5.37. The molecule has 2 aromatic rings. The average molecular weight is 344 g/mol. The van der Waals surface area contributed by atoms with Gasteiger partial charge in [0.25, 0.3) is 0 Å². The molecule has 3 rings (SSSR count). The van der Waals surface area contributed by atoms with E-state index >= 15 is 0 Å². The quantitative estimate of drug-likeness (QED) is 0.576. The molecule has 9 heteroatoms. The minimum Gasteiger partial charge on any atom is -0.497 e. The normalized spacial score (nSPS) is 14.6. The van der Waals surface area contributed by atoms with Crippen LogP contribution in [0.15, 0.2) is 28.8 Å². The van der Waals surface area contributed by atoms with Crippen molar-refractivity contribution in [3.8, 4) is 17.1 Å². The van der Waals surface area contributed by atoms with Crippen molar-refractivity contribution in [1.29, 1.82) is 0 Å². The van der Waals surface area contributed by atoms with Crippen LogP contribution in [0.3, 0.4) is 0 Å². The number of hydrogen-bond acceptors (Lipinski definition) is 7. The van der Waals surface area contributed by atoms with Gasteiger partial charge in [-0.05, 0) is 30.7 Å². The van der Waals surface area contributed by atoms with E-state index in [4.69, 9.17) is 9.26 Å². The molecule has 0 spiro atoms. The maximum atomic E-state index is 12.2. The molecule has 0 saturated carbocycles. The summed E-state index contributed by atoms with van der Waals surface area (Å²) >= 11 is 0. The van der Waals surface area contributed by atoms with Crippen molar-refractivity contribution >= 4 is 17.8 Å². The highest BCUT2D eigenvalue weighted by atomic mass is 16.5. The Kier molecular flexibility index (Phi) is 4.46. The van der Waals surface area contributed by atoms with Gasteiger partial charge in [0, 0.05) is 12.1 Å². The number of imide groups is 2. The van der Waals surface area contributed by atoms with Gasteiger partial charge in [-0.1, -0.05) is 12.1 Å². The molecular formula is C16H16N4O5. The number of ether oxygens (including phenoxy) is 1. The zero-order valence-electron chi connectivity index (χ0n) is 13.8. The van der Waals surface area contributed by atoms with E-state index in [9.17, 15) is 14.4 Å². The Hall–Kier alpha value is -3.23. The first-order valence-corrected chi connectivity index (χ1v) is 7.69. The minimum atomic E-state index is -0.886. The third-order valence-electron chi connectivity index (χ3n) is 3.69. The summed E-state index contributed by atoms with van der Waals surface area (Å²) in [5.74, 6) is -0.646. The van der Waals surface area contributed by atoms with E-state index < -0.39 is 17.8 Å². The molecule has 1 saturated heterocycles. The van der Waals surface area contributed by atoms with Crippen LogP contribution in [0.1, 0.15) is 19.2 Å². The van der Waals surface area contributed by atoms with Crippen molar-refractivity contribution in [3.63, 3.8) is 0 Å². The summed E-state index contributed by atoms with van der Waals surface area (Å²) in [4.78, 5) is 41.9. The first-order valence-electron chi connectivity index (χ1n) is 7.69. The minimum absolute atomic E-state index is 0.0682. The number of nitrogens with zero attached hydrogens (tertiary/aromatic N) is 4. The Balaban J connectivity index is 1.76. The topological polar surface area (TPSA) is 106 Å². The zero-order chi connectivity index (χ0) is 18.0. The van der Waals surface area contributed by atoms with Crippen LogP contribution in [0.25, 0.3) is 11.4 Å². The molecule has 0 N–H and O–H groups in total. The molecule has 1 aromatic carbocycles. The lowest BCUT2D eigenvalue weighted by atomic mass is 10.2. The van der Waals surface area contributed by atoms with E-state index in [2.05, 4.69) is 10.1 Å². The predicted octanol–water partition coefficient (Wildman–Crippen LogP) is 1.45. The molecule has 1 fully saturated rings. The fraction of sp³-hybridized carbons (Fsp3) is 0.312. The van der Waals surface area contributed by atoms with Gasteiger partial charge < -0.3 is 9.26 Å².